The zero-order chi connectivity index (χ0) is 16.0. The molecule has 0 N–H and O–H groups in total. The van der Waals surface area contributed by atoms with Gasteiger partial charge in [0.05, 0.1) is 5.69 Å². The SMILES string of the molecule is CC1(C)CCC(C)(C)c2cc(-c3cccc(P=O)n3)ccc21. The Balaban J connectivity index is 2.15. The van der Waals surface area contributed by atoms with Crippen LogP contribution in [0.4, 0.5) is 0 Å². The molecule has 3 heteroatoms. The largest absolute Gasteiger partial charge is 0.268 e. The van der Waals surface area contributed by atoms with Crippen LogP contribution in [-0.4, -0.2) is 4.98 Å². The Hall–Kier alpha value is -1.53. The first-order valence-electron chi connectivity index (χ1n) is 7.79. The molecule has 2 aromatic rings. The number of nitrogens with zero attached hydrogens (tertiary/aromatic N) is 1. The number of benzene rings is 1. The number of hydrogen-bond acceptors (Lipinski definition) is 2. The van der Waals surface area contributed by atoms with Crippen molar-refractivity contribution in [2.45, 2.75) is 51.4 Å². The number of hydrogen-bond donors (Lipinski definition) is 0. The molecule has 0 bridgehead atoms. The molecule has 1 heterocycles. The zero-order valence-electron chi connectivity index (χ0n) is 13.7. The maximum absolute atomic E-state index is 11.0. The summed E-state index contributed by atoms with van der Waals surface area (Å²) in [6.45, 7) is 9.31. The second-order valence-electron chi connectivity index (χ2n) is 7.50. The van der Waals surface area contributed by atoms with Crippen molar-refractivity contribution in [1.82, 2.24) is 4.98 Å². The number of fused-ring (bicyclic) bond motifs is 1. The number of aromatic nitrogens is 1. The minimum atomic E-state index is -0.0294. The molecule has 0 amide bonds. The molecule has 0 saturated carbocycles. The van der Waals surface area contributed by atoms with Crippen LogP contribution in [0, 0.1) is 0 Å². The van der Waals surface area contributed by atoms with Crippen LogP contribution in [0.15, 0.2) is 36.4 Å². The van der Waals surface area contributed by atoms with E-state index in [4.69, 9.17) is 0 Å². The van der Waals surface area contributed by atoms with Gasteiger partial charge in [-0.05, 0) is 53.0 Å². The fraction of sp³-hybridized carbons (Fsp3) is 0.421. The Labute approximate surface area is 134 Å². The van der Waals surface area contributed by atoms with Crippen LogP contribution >= 0.6 is 8.46 Å². The molecule has 0 spiro atoms. The summed E-state index contributed by atoms with van der Waals surface area (Å²) in [5, 5.41) is 0. The van der Waals surface area contributed by atoms with Crippen LogP contribution in [0.1, 0.15) is 51.7 Å². The molecular formula is C19H22NOP. The Morgan fingerprint density at radius 2 is 1.64 bits per heavy atom. The van der Waals surface area contributed by atoms with Crippen LogP contribution in [-0.2, 0) is 15.4 Å². The fourth-order valence-electron chi connectivity index (χ4n) is 3.38. The van der Waals surface area contributed by atoms with Gasteiger partial charge in [0, 0.05) is 5.56 Å². The van der Waals surface area contributed by atoms with Gasteiger partial charge in [0.25, 0.3) is 0 Å². The van der Waals surface area contributed by atoms with Crippen molar-refractivity contribution in [3.8, 4) is 11.3 Å². The molecule has 0 radical (unpaired) electrons. The van der Waals surface area contributed by atoms with Gasteiger partial charge in [-0.1, -0.05) is 45.9 Å². The summed E-state index contributed by atoms with van der Waals surface area (Å²) in [6.07, 6.45) is 2.41. The van der Waals surface area contributed by atoms with E-state index in [0.29, 0.717) is 5.44 Å². The predicted molar refractivity (Wildman–Crippen MR) is 92.2 cm³/mol. The molecule has 1 aromatic carbocycles. The minimum Gasteiger partial charge on any atom is -0.268 e. The van der Waals surface area contributed by atoms with Crippen molar-refractivity contribution in [2.75, 3.05) is 0 Å². The lowest BCUT2D eigenvalue weighted by molar-refractivity contribution is 0.332. The number of rotatable bonds is 2. The molecule has 3 rings (SSSR count). The second-order valence-corrected chi connectivity index (χ2v) is 8.14. The third kappa shape index (κ3) is 2.61. The summed E-state index contributed by atoms with van der Waals surface area (Å²) in [7, 11) is -0.0294. The molecule has 0 atom stereocenters. The van der Waals surface area contributed by atoms with Gasteiger partial charge in [0.2, 0.25) is 8.46 Å². The highest BCUT2D eigenvalue weighted by molar-refractivity contribution is 7.33. The van der Waals surface area contributed by atoms with E-state index in [0.717, 1.165) is 11.3 Å². The topological polar surface area (TPSA) is 30.0 Å². The van der Waals surface area contributed by atoms with Crippen LogP contribution in [0.5, 0.6) is 0 Å². The van der Waals surface area contributed by atoms with Crippen LogP contribution in [0.2, 0.25) is 0 Å². The molecule has 114 valence electrons. The van der Waals surface area contributed by atoms with E-state index in [-0.39, 0.29) is 19.3 Å². The Morgan fingerprint density at radius 1 is 0.955 bits per heavy atom. The lowest BCUT2D eigenvalue weighted by Gasteiger charge is -2.42. The highest BCUT2D eigenvalue weighted by Crippen LogP contribution is 2.46. The summed E-state index contributed by atoms with van der Waals surface area (Å²) in [4.78, 5) is 4.47. The molecule has 1 aliphatic carbocycles. The molecular weight excluding hydrogens is 289 g/mol. The molecule has 1 aromatic heterocycles. The first kappa shape index (κ1) is 15.4. The number of pyridine rings is 1. The summed E-state index contributed by atoms with van der Waals surface area (Å²) in [5.74, 6) is 0. The van der Waals surface area contributed by atoms with Crippen LogP contribution < -0.4 is 5.44 Å². The quantitative estimate of drug-likeness (QED) is 0.729. The fourth-order valence-corrected chi connectivity index (χ4v) is 3.68. The van der Waals surface area contributed by atoms with Crippen molar-refractivity contribution < 1.29 is 4.57 Å². The first-order chi connectivity index (χ1) is 10.3. The van der Waals surface area contributed by atoms with Gasteiger partial charge in [-0.3, -0.25) is 4.57 Å². The Kier molecular flexibility index (Phi) is 3.69. The van der Waals surface area contributed by atoms with Crippen molar-refractivity contribution in [3.05, 3.63) is 47.5 Å². The van der Waals surface area contributed by atoms with E-state index in [9.17, 15) is 4.57 Å². The van der Waals surface area contributed by atoms with E-state index in [2.05, 4.69) is 50.9 Å². The van der Waals surface area contributed by atoms with E-state index < -0.39 is 0 Å². The smallest absolute Gasteiger partial charge is 0.212 e. The van der Waals surface area contributed by atoms with E-state index in [1.807, 2.05) is 12.1 Å². The molecule has 0 aliphatic heterocycles. The van der Waals surface area contributed by atoms with E-state index in [1.165, 1.54) is 24.0 Å². The third-order valence-electron chi connectivity index (χ3n) is 4.98. The van der Waals surface area contributed by atoms with Gasteiger partial charge in [-0.15, -0.1) is 0 Å². The highest BCUT2D eigenvalue weighted by atomic mass is 31.1. The highest BCUT2D eigenvalue weighted by Gasteiger charge is 2.36. The Bertz CT molecular complexity index is 734. The summed E-state index contributed by atoms with van der Waals surface area (Å²) < 4.78 is 11.0. The summed E-state index contributed by atoms with van der Waals surface area (Å²) in [6, 6.07) is 12.4. The van der Waals surface area contributed by atoms with Gasteiger partial charge in [-0.25, -0.2) is 4.98 Å². The molecule has 22 heavy (non-hydrogen) atoms. The summed E-state index contributed by atoms with van der Waals surface area (Å²) >= 11 is 0. The van der Waals surface area contributed by atoms with Crippen LogP contribution in [0.3, 0.4) is 0 Å². The average molecular weight is 311 g/mol. The first-order valence-corrected chi connectivity index (χ1v) is 8.60. The molecule has 0 saturated heterocycles. The molecule has 0 fully saturated rings. The lowest BCUT2D eigenvalue weighted by Crippen LogP contribution is -2.33. The van der Waals surface area contributed by atoms with Crippen molar-refractivity contribution in [2.24, 2.45) is 0 Å². The zero-order valence-corrected chi connectivity index (χ0v) is 14.6. The van der Waals surface area contributed by atoms with Gasteiger partial charge >= 0.3 is 0 Å². The summed E-state index contributed by atoms with van der Waals surface area (Å²) in [5.41, 5.74) is 5.87. The van der Waals surface area contributed by atoms with Crippen molar-refractivity contribution in [3.63, 3.8) is 0 Å². The van der Waals surface area contributed by atoms with Gasteiger partial charge < -0.3 is 0 Å². The van der Waals surface area contributed by atoms with Gasteiger partial charge in [0.1, 0.15) is 5.44 Å². The van der Waals surface area contributed by atoms with Gasteiger partial charge in [-0.2, -0.15) is 0 Å². The van der Waals surface area contributed by atoms with E-state index in [1.54, 1.807) is 6.07 Å². The van der Waals surface area contributed by atoms with E-state index >= 15 is 0 Å². The molecule has 0 unspecified atom stereocenters. The van der Waals surface area contributed by atoms with Gasteiger partial charge in [0.15, 0.2) is 0 Å². The van der Waals surface area contributed by atoms with Crippen LogP contribution in [0.25, 0.3) is 11.3 Å². The molecule has 1 aliphatic rings. The minimum absolute atomic E-state index is 0.0294. The average Bonchev–Trinajstić information content (AvgIpc) is 2.52. The molecule has 2 nitrogen and oxygen atoms in total. The predicted octanol–water partition coefficient (Wildman–Crippen LogP) is 5.01. The monoisotopic (exact) mass is 311 g/mol. The maximum atomic E-state index is 11.0. The van der Waals surface area contributed by atoms with Crippen molar-refractivity contribution in [1.29, 1.82) is 0 Å². The maximum Gasteiger partial charge on any atom is 0.212 e. The lowest BCUT2D eigenvalue weighted by atomic mass is 9.63. The third-order valence-corrected chi connectivity index (χ3v) is 5.41. The Morgan fingerprint density at radius 3 is 2.32 bits per heavy atom. The standard InChI is InChI=1S/C19H22NOP/c1-18(2)10-11-19(3,4)15-12-13(8-9-14(15)18)16-6-5-7-17(20-16)22-21/h5-9,12H,10-11H2,1-4H3. The normalized spacial score (nSPS) is 18.9. The van der Waals surface area contributed by atoms with Crippen molar-refractivity contribution >= 4 is 13.9 Å². The second kappa shape index (κ2) is 5.28.